The highest BCUT2D eigenvalue weighted by atomic mass is 35.5. The maximum Gasteiger partial charge on any atom is 0.157 e. The number of thiophene rings is 1. The Kier molecular flexibility index (Phi) is 2.80. The standard InChI is InChI=1S/C12H9ClFN3S/c1-6-4-8-10(13)16-11(17-12(8)18-6)9-3-2-7(14)5-15-9/h2-5,9,15H,1H3. The van der Waals surface area contributed by atoms with E-state index in [1.165, 1.54) is 12.3 Å². The van der Waals surface area contributed by atoms with Crippen LogP contribution in [0.25, 0.3) is 10.2 Å². The van der Waals surface area contributed by atoms with E-state index in [9.17, 15) is 4.39 Å². The second kappa shape index (κ2) is 4.33. The lowest BCUT2D eigenvalue weighted by molar-refractivity contribution is 0.610. The first-order valence-electron chi connectivity index (χ1n) is 5.37. The minimum atomic E-state index is -0.314. The van der Waals surface area contributed by atoms with Crippen molar-refractivity contribution >= 4 is 33.2 Å². The second-order valence-corrected chi connectivity index (χ2v) is 5.57. The van der Waals surface area contributed by atoms with E-state index in [4.69, 9.17) is 11.6 Å². The molecule has 3 nitrogen and oxygen atoms in total. The average molecular weight is 282 g/mol. The van der Waals surface area contributed by atoms with Gasteiger partial charge in [-0.15, -0.1) is 11.3 Å². The molecule has 1 unspecified atom stereocenters. The Hall–Kier alpha value is -1.46. The van der Waals surface area contributed by atoms with Gasteiger partial charge in [0.05, 0.1) is 0 Å². The summed E-state index contributed by atoms with van der Waals surface area (Å²) in [6, 6.07) is 1.73. The summed E-state index contributed by atoms with van der Waals surface area (Å²) in [6.45, 7) is 2.00. The summed E-state index contributed by atoms with van der Waals surface area (Å²) in [4.78, 5) is 10.7. The molecule has 0 amide bonds. The molecule has 0 aliphatic carbocycles. The molecule has 0 radical (unpaired) electrons. The van der Waals surface area contributed by atoms with Crippen molar-refractivity contribution in [3.63, 3.8) is 0 Å². The average Bonchev–Trinajstić information content (AvgIpc) is 2.71. The Balaban J connectivity index is 2.05. The number of allylic oxidation sites excluding steroid dienone is 2. The van der Waals surface area contributed by atoms with Crippen molar-refractivity contribution < 1.29 is 4.39 Å². The zero-order valence-corrected chi connectivity index (χ0v) is 11.0. The lowest BCUT2D eigenvalue weighted by Crippen LogP contribution is -2.18. The highest BCUT2D eigenvalue weighted by molar-refractivity contribution is 7.18. The quantitative estimate of drug-likeness (QED) is 0.811. The van der Waals surface area contributed by atoms with Crippen molar-refractivity contribution in [1.82, 2.24) is 15.3 Å². The van der Waals surface area contributed by atoms with Crippen LogP contribution in [-0.2, 0) is 0 Å². The topological polar surface area (TPSA) is 37.8 Å². The predicted molar refractivity (Wildman–Crippen MR) is 71.4 cm³/mol. The van der Waals surface area contributed by atoms with Gasteiger partial charge in [-0.3, -0.25) is 0 Å². The Morgan fingerprint density at radius 1 is 1.44 bits per heavy atom. The molecular weight excluding hydrogens is 273 g/mol. The van der Waals surface area contributed by atoms with Crippen molar-refractivity contribution in [2.75, 3.05) is 0 Å². The number of fused-ring (bicyclic) bond motifs is 1. The molecule has 6 heteroatoms. The molecule has 1 aliphatic heterocycles. The molecule has 3 rings (SSSR count). The maximum atomic E-state index is 12.9. The van der Waals surface area contributed by atoms with Gasteiger partial charge >= 0.3 is 0 Å². The SMILES string of the molecule is Cc1cc2c(Cl)nc(C3C=CC(F)=CN3)nc2s1. The number of nitrogens with zero attached hydrogens (tertiary/aromatic N) is 2. The van der Waals surface area contributed by atoms with Crippen LogP contribution in [0.4, 0.5) is 4.39 Å². The van der Waals surface area contributed by atoms with E-state index < -0.39 is 0 Å². The highest BCUT2D eigenvalue weighted by Gasteiger charge is 2.16. The molecule has 92 valence electrons. The summed E-state index contributed by atoms with van der Waals surface area (Å²) in [6.07, 6.45) is 4.36. The summed E-state index contributed by atoms with van der Waals surface area (Å²) < 4.78 is 12.9. The minimum absolute atomic E-state index is 0.242. The van der Waals surface area contributed by atoms with E-state index in [2.05, 4.69) is 15.3 Å². The second-order valence-electron chi connectivity index (χ2n) is 3.98. The summed E-state index contributed by atoms with van der Waals surface area (Å²) in [7, 11) is 0. The van der Waals surface area contributed by atoms with E-state index in [0.29, 0.717) is 11.0 Å². The number of aryl methyl sites for hydroxylation is 1. The molecule has 2 aromatic heterocycles. The third kappa shape index (κ3) is 2.00. The van der Waals surface area contributed by atoms with E-state index in [1.807, 2.05) is 13.0 Å². The molecule has 0 spiro atoms. The molecule has 0 bridgehead atoms. The van der Waals surface area contributed by atoms with Gasteiger partial charge in [-0.2, -0.15) is 0 Å². The Morgan fingerprint density at radius 2 is 2.28 bits per heavy atom. The van der Waals surface area contributed by atoms with Gasteiger partial charge in [0.25, 0.3) is 0 Å². The zero-order chi connectivity index (χ0) is 12.7. The van der Waals surface area contributed by atoms with Gasteiger partial charge in [0.2, 0.25) is 0 Å². The number of dihydropyridines is 1. The van der Waals surface area contributed by atoms with Gasteiger partial charge in [-0.1, -0.05) is 17.7 Å². The monoisotopic (exact) mass is 281 g/mol. The van der Waals surface area contributed by atoms with Crippen molar-refractivity contribution in [2.45, 2.75) is 13.0 Å². The van der Waals surface area contributed by atoms with Crippen LogP contribution in [0, 0.1) is 6.92 Å². The molecule has 2 aromatic rings. The fourth-order valence-electron chi connectivity index (χ4n) is 1.78. The Labute approximate surface area is 112 Å². The van der Waals surface area contributed by atoms with Gasteiger partial charge in [0, 0.05) is 16.5 Å². The van der Waals surface area contributed by atoms with Crippen molar-refractivity contribution in [3.05, 3.63) is 46.1 Å². The fourth-order valence-corrected chi connectivity index (χ4v) is 2.96. The van der Waals surface area contributed by atoms with Crippen LogP contribution < -0.4 is 5.32 Å². The van der Waals surface area contributed by atoms with Crippen molar-refractivity contribution in [1.29, 1.82) is 0 Å². The molecular formula is C12H9ClFN3S. The van der Waals surface area contributed by atoms with Crippen LogP contribution in [0.5, 0.6) is 0 Å². The zero-order valence-electron chi connectivity index (χ0n) is 9.45. The van der Waals surface area contributed by atoms with Crippen LogP contribution in [0.2, 0.25) is 5.15 Å². The number of aromatic nitrogens is 2. The molecule has 18 heavy (non-hydrogen) atoms. The van der Waals surface area contributed by atoms with Crippen LogP contribution in [0.15, 0.2) is 30.2 Å². The lowest BCUT2D eigenvalue weighted by atomic mass is 10.2. The third-order valence-corrected chi connectivity index (χ3v) is 3.85. The number of nitrogens with one attached hydrogen (secondary N) is 1. The lowest BCUT2D eigenvalue weighted by Gasteiger charge is -2.15. The number of halogens is 2. The number of rotatable bonds is 1. The van der Waals surface area contributed by atoms with Gasteiger partial charge in [-0.25, -0.2) is 14.4 Å². The highest BCUT2D eigenvalue weighted by Crippen LogP contribution is 2.30. The summed E-state index contributed by atoms with van der Waals surface area (Å²) in [5.74, 6) is 0.236. The first-order chi connectivity index (χ1) is 8.63. The normalized spacial score (nSPS) is 18.8. The maximum absolute atomic E-state index is 12.9. The predicted octanol–water partition coefficient (Wildman–Crippen LogP) is 3.66. The van der Waals surface area contributed by atoms with E-state index in [-0.39, 0.29) is 11.9 Å². The van der Waals surface area contributed by atoms with Crippen LogP contribution >= 0.6 is 22.9 Å². The summed E-state index contributed by atoms with van der Waals surface area (Å²) in [5.41, 5.74) is 0. The molecule has 0 aromatic carbocycles. The minimum Gasteiger partial charge on any atom is -0.376 e. The van der Waals surface area contributed by atoms with Gasteiger partial charge < -0.3 is 5.32 Å². The Bertz CT molecular complexity index is 677. The molecule has 1 atom stereocenters. The van der Waals surface area contributed by atoms with Gasteiger partial charge in [0.1, 0.15) is 21.9 Å². The van der Waals surface area contributed by atoms with E-state index in [0.717, 1.165) is 15.1 Å². The first-order valence-corrected chi connectivity index (χ1v) is 6.56. The first kappa shape index (κ1) is 11.6. The van der Waals surface area contributed by atoms with Gasteiger partial charge in [-0.05, 0) is 19.1 Å². The summed E-state index contributed by atoms with van der Waals surface area (Å²) >= 11 is 7.71. The van der Waals surface area contributed by atoms with Crippen LogP contribution in [0.3, 0.4) is 0 Å². The fraction of sp³-hybridized carbons (Fsp3) is 0.167. The molecule has 1 N–H and O–H groups in total. The molecule has 1 aliphatic rings. The van der Waals surface area contributed by atoms with Crippen molar-refractivity contribution in [2.24, 2.45) is 0 Å². The van der Waals surface area contributed by atoms with Gasteiger partial charge in [0.15, 0.2) is 5.82 Å². The van der Waals surface area contributed by atoms with E-state index in [1.54, 1.807) is 17.4 Å². The van der Waals surface area contributed by atoms with E-state index >= 15 is 0 Å². The molecule has 0 saturated carbocycles. The largest absolute Gasteiger partial charge is 0.376 e. The van der Waals surface area contributed by atoms with Crippen LogP contribution in [-0.4, -0.2) is 9.97 Å². The summed E-state index contributed by atoms with van der Waals surface area (Å²) in [5, 5.41) is 4.18. The van der Waals surface area contributed by atoms with Crippen LogP contribution in [0.1, 0.15) is 16.7 Å². The smallest absolute Gasteiger partial charge is 0.157 e. The molecule has 3 heterocycles. The van der Waals surface area contributed by atoms with Crippen molar-refractivity contribution in [3.8, 4) is 0 Å². The molecule has 0 fully saturated rings. The third-order valence-electron chi connectivity index (χ3n) is 2.61. The number of hydrogen-bond donors (Lipinski definition) is 1. The molecule has 0 saturated heterocycles. The Morgan fingerprint density at radius 3 is 3.00 bits per heavy atom. The number of hydrogen-bond acceptors (Lipinski definition) is 4.